The second-order valence-corrected chi connectivity index (χ2v) is 11.2. The number of fused-ring (bicyclic) bond motifs is 1. The molecule has 4 rings (SSSR count). The molecule has 43 heavy (non-hydrogen) atoms. The van der Waals surface area contributed by atoms with Crippen molar-refractivity contribution in [1.29, 1.82) is 0 Å². The second-order valence-electron chi connectivity index (χ2n) is 11.2. The largest absolute Gasteiger partial charge is 0.395 e. The minimum atomic E-state index is -0.706. The quantitative estimate of drug-likeness (QED) is 0.134. The highest BCUT2D eigenvalue weighted by Crippen LogP contribution is 2.24. The van der Waals surface area contributed by atoms with E-state index in [9.17, 15) is 14.7 Å². The monoisotopic (exact) mass is 584 g/mol. The highest BCUT2D eigenvalue weighted by Gasteiger charge is 2.24. The van der Waals surface area contributed by atoms with Crippen LogP contribution in [0, 0.1) is 0 Å². The Morgan fingerprint density at radius 1 is 0.930 bits per heavy atom. The zero-order chi connectivity index (χ0) is 30.6. The number of carbonyl (C=O) groups is 2. The van der Waals surface area contributed by atoms with Crippen LogP contribution in [0.15, 0.2) is 79.1 Å². The molecular formula is C34H44N6O3. The van der Waals surface area contributed by atoms with Crippen molar-refractivity contribution in [3.8, 4) is 0 Å². The Kier molecular flexibility index (Phi) is 11.8. The van der Waals surface area contributed by atoms with Crippen LogP contribution < -0.4 is 16.0 Å². The van der Waals surface area contributed by atoms with E-state index >= 15 is 0 Å². The predicted octanol–water partition coefficient (Wildman–Crippen LogP) is 4.31. The predicted molar refractivity (Wildman–Crippen MR) is 170 cm³/mol. The minimum absolute atomic E-state index is 0.0791. The number of benzene rings is 3. The molecule has 0 bridgehead atoms. The first-order valence-corrected chi connectivity index (χ1v) is 15.1. The molecule has 0 saturated carbocycles. The van der Waals surface area contributed by atoms with E-state index < -0.39 is 6.04 Å². The number of aliphatic hydroxyl groups excluding tert-OH is 1. The van der Waals surface area contributed by atoms with Crippen LogP contribution in [0.4, 0.5) is 0 Å². The number of aliphatic hydroxyl groups is 1. The molecule has 0 radical (unpaired) electrons. The molecule has 0 aliphatic rings. The number of aromatic amines is 1. The maximum absolute atomic E-state index is 13.6. The van der Waals surface area contributed by atoms with Crippen LogP contribution in [0.25, 0.3) is 10.8 Å². The molecule has 5 N–H and O–H groups in total. The summed E-state index contributed by atoms with van der Waals surface area (Å²) < 4.78 is 0. The summed E-state index contributed by atoms with van der Waals surface area (Å²) in [7, 11) is 0. The van der Waals surface area contributed by atoms with E-state index in [0.717, 1.165) is 34.3 Å². The number of imidazole rings is 1. The first-order valence-electron chi connectivity index (χ1n) is 15.1. The fourth-order valence-corrected chi connectivity index (χ4v) is 5.28. The van der Waals surface area contributed by atoms with Crippen molar-refractivity contribution in [2.45, 2.75) is 64.8 Å². The van der Waals surface area contributed by atoms with Crippen molar-refractivity contribution in [2.75, 3.05) is 19.7 Å². The maximum Gasteiger partial charge on any atom is 0.251 e. The molecule has 0 unspecified atom stereocenters. The van der Waals surface area contributed by atoms with Crippen LogP contribution in [-0.4, -0.2) is 63.6 Å². The molecule has 3 aromatic carbocycles. The van der Waals surface area contributed by atoms with Crippen LogP contribution in [0.3, 0.4) is 0 Å². The summed E-state index contributed by atoms with van der Waals surface area (Å²) in [6.07, 6.45) is 4.68. The molecule has 9 nitrogen and oxygen atoms in total. The molecule has 0 aliphatic carbocycles. The summed E-state index contributed by atoms with van der Waals surface area (Å²) in [6, 6.07) is 20.9. The Morgan fingerprint density at radius 2 is 1.70 bits per heavy atom. The Bertz CT molecular complexity index is 1430. The highest BCUT2D eigenvalue weighted by molar-refractivity contribution is 5.97. The van der Waals surface area contributed by atoms with Gasteiger partial charge >= 0.3 is 0 Å². The number of nitrogens with one attached hydrogen (secondary N) is 4. The van der Waals surface area contributed by atoms with Crippen LogP contribution >= 0.6 is 0 Å². The lowest BCUT2D eigenvalue weighted by Crippen LogP contribution is -2.47. The lowest BCUT2D eigenvalue weighted by atomic mass is 9.99. The average Bonchev–Trinajstić information content (AvgIpc) is 3.53. The molecule has 2 atom stereocenters. The molecule has 1 aromatic heterocycles. The average molecular weight is 585 g/mol. The van der Waals surface area contributed by atoms with Crippen molar-refractivity contribution >= 4 is 22.6 Å². The van der Waals surface area contributed by atoms with Gasteiger partial charge in [0.05, 0.1) is 19.2 Å². The van der Waals surface area contributed by atoms with Crippen LogP contribution in [0.2, 0.25) is 0 Å². The van der Waals surface area contributed by atoms with Gasteiger partial charge in [-0.25, -0.2) is 4.98 Å². The normalized spacial score (nSPS) is 12.9. The number of carbonyl (C=O) groups excluding carboxylic acids is 2. The Labute approximate surface area is 254 Å². The van der Waals surface area contributed by atoms with Gasteiger partial charge in [-0.3, -0.25) is 14.5 Å². The third kappa shape index (κ3) is 9.22. The summed E-state index contributed by atoms with van der Waals surface area (Å²) in [4.78, 5) is 36.4. The van der Waals surface area contributed by atoms with Crippen molar-refractivity contribution in [2.24, 2.45) is 0 Å². The molecule has 0 saturated heterocycles. The zero-order valence-electron chi connectivity index (χ0n) is 25.3. The van der Waals surface area contributed by atoms with E-state index in [4.69, 9.17) is 0 Å². The van der Waals surface area contributed by atoms with Gasteiger partial charge in [0.25, 0.3) is 5.91 Å². The maximum atomic E-state index is 13.6. The fourth-order valence-electron chi connectivity index (χ4n) is 5.28. The Morgan fingerprint density at radius 3 is 2.42 bits per heavy atom. The minimum Gasteiger partial charge on any atom is -0.395 e. The highest BCUT2D eigenvalue weighted by atomic mass is 16.3. The van der Waals surface area contributed by atoms with E-state index in [2.05, 4.69) is 62.9 Å². The van der Waals surface area contributed by atoms with Gasteiger partial charge in [0.2, 0.25) is 5.91 Å². The number of aromatic nitrogens is 2. The third-order valence-corrected chi connectivity index (χ3v) is 7.72. The number of amides is 2. The second kappa shape index (κ2) is 16.0. The van der Waals surface area contributed by atoms with Gasteiger partial charge in [-0.2, -0.15) is 0 Å². The number of nitrogens with zero attached hydrogens (tertiary/aromatic N) is 2. The molecule has 228 valence electrons. The van der Waals surface area contributed by atoms with E-state index in [1.807, 2.05) is 43.3 Å². The summed E-state index contributed by atoms with van der Waals surface area (Å²) in [5.41, 5.74) is 2.57. The van der Waals surface area contributed by atoms with E-state index in [1.165, 1.54) is 0 Å². The zero-order valence-corrected chi connectivity index (χ0v) is 25.3. The summed E-state index contributed by atoms with van der Waals surface area (Å²) in [6.45, 7) is 8.77. The summed E-state index contributed by atoms with van der Waals surface area (Å²) >= 11 is 0. The van der Waals surface area contributed by atoms with Crippen molar-refractivity contribution in [3.63, 3.8) is 0 Å². The number of H-pyrrole nitrogens is 1. The molecule has 0 spiro atoms. The van der Waals surface area contributed by atoms with E-state index in [-0.39, 0.29) is 30.5 Å². The van der Waals surface area contributed by atoms with Crippen LogP contribution in [0.5, 0.6) is 0 Å². The van der Waals surface area contributed by atoms with Gasteiger partial charge in [0, 0.05) is 37.1 Å². The molecule has 4 aromatic rings. The van der Waals surface area contributed by atoms with Crippen molar-refractivity contribution in [3.05, 3.63) is 102 Å². The summed E-state index contributed by atoms with van der Waals surface area (Å²) in [5, 5.41) is 21.1. The molecule has 1 heterocycles. The van der Waals surface area contributed by atoms with Gasteiger partial charge in [0.1, 0.15) is 11.9 Å². The molecule has 0 aliphatic heterocycles. The molecule has 2 amide bonds. The SMILES string of the molecule is CC(C)N(CCO)CCC[C@H](NC(=O)c1ccc(CNCc2ncc[nH]2)cc1)C(=O)N[C@@H](C)c1cccc2ccccc12. The topological polar surface area (TPSA) is 122 Å². The first kappa shape index (κ1) is 31.9. The molecular weight excluding hydrogens is 540 g/mol. The summed E-state index contributed by atoms with van der Waals surface area (Å²) in [5.74, 6) is 0.359. The van der Waals surface area contributed by atoms with E-state index in [0.29, 0.717) is 38.0 Å². The Hall–Kier alpha value is -4.05. The van der Waals surface area contributed by atoms with Crippen LogP contribution in [-0.2, 0) is 17.9 Å². The van der Waals surface area contributed by atoms with Crippen molar-refractivity contribution < 1.29 is 14.7 Å². The smallest absolute Gasteiger partial charge is 0.251 e. The third-order valence-electron chi connectivity index (χ3n) is 7.72. The van der Waals surface area contributed by atoms with Gasteiger partial charge in [0.15, 0.2) is 0 Å². The number of hydrogen-bond acceptors (Lipinski definition) is 6. The first-order chi connectivity index (χ1) is 20.9. The standard InChI is InChI=1S/C34H44N6O3/c1-24(2)40(20-21-41)19-7-12-31(34(43)38-25(3)29-11-6-9-27-8-4-5-10-30(27)29)39-33(42)28-15-13-26(14-16-28)22-35-23-32-36-17-18-37-32/h4-6,8-11,13-18,24-25,31,35,41H,7,12,19-23H2,1-3H3,(H,36,37)(H,38,43)(H,39,42)/t25-,31-/m0/s1. The van der Waals surface area contributed by atoms with Gasteiger partial charge in [-0.1, -0.05) is 54.6 Å². The van der Waals surface area contributed by atoms with Gasteiger partial charge < -0.3 is 26.0 Å². The fraction of sp³-hybridized carbons (Fsp3) is 0.382. The lowest BCUT2D eigenvalue weighted by molar-refractivity contribution is -0.123. The Balaban J connectivity index is 1.41. The molecule has 0 fully saturated rings. The number of hydrogen-bond donors (Lipinski definition) is 5. The van der Waals surface area contributed by atoms with E-state index in [1.54, 1.807) is 24.5 Å². The van der Waals surface area contributed by atoms with Gasteiger partial charge in [-0.15, -0.1) is 0 Å². The van der Waals surface area contributed by atoms with Gasteiger partial charge in [-0.05, 0) is 74.2 Å². The van der Waals surface area contributed by atoms with Crippen LogP contribution in [0.1, 0.15) is 67.0 Å². The molecule has 9 heteroatoms. The number of rotatable bonds is 16. The lowest BCUT2D eigenvalue weighted by Gasteiger charge is -2.27. The van der Waals surface area contributed by atoms with Crippen molar-refractivity contribution in [1.82, 2.24) is 30.8 Å².